The van der Waals surface area contributed by atoms with Crippen LogP contribution in [0.3, 0.4) is 0 Å². The summed E-state index contributed by atoms with van der Waals surface area (Å²) < 4.78 is 39.6. The Balaban J connectivity index is 0.00000363. The second kappa shape index (κ2) is 13.0. The zero-order valence-electron chi connectivity index (χ0n) is 18.3. The molecule has 10 heteroatoms. The minimum Gasteiger partial charge on any atom is -0.356 e. The molecule has 1 aromatic carbocycles. The summed E-state index contributed by atoms with van der Waals surface area (Å²) in [6.07, 6.45) is 2.18. The van der Waals surface area contributed by atoms with E-state index in [0.29, 0.717) is 31.5 Å². The van der Waals surface area contributed by atoms with Crippen LogP contribution >= 0.6 is 24.0 Å². The number of hydrogen-bond donors (Lipinski definition) is 2. The van der Waals surface area contributed by atoms with Crippen LogP contribution < -0.4 is 10.6 Å². The third-order valence-electron chi connectivity index (χ3n) is 5.59. The molecule has 178 valence electrons. The summed E-state index contributed by atoms with van der Waals surface area (Å²) in [5.74, 6) is 2.06. The van der Waals surface area contributed by atoms with E-state index >= 15 is 0 Å². The third kappa shape index (κ3) is 8.97. The Kier molecular flexibility index (Phi) is 10.8. The summed E-state index contributed by atoms with van der Waals surface area (Å²) in [5, 5.41) is 6.60. The molecule has 6 nitrogen and oxygen atoms in total. The summed E-state index contributed by atoms with van der Waals surface area (Å²) in [4.78, 5) is 10.2. The molecule has 1 aliphatic heterocycles. The molecule has 1 fully saturated rings. The standard InChI is InChI=1S/C22H31F3N6.HI/c1-26-21(28-10-7-18-8-12-30(13-9-18)17-22(23,24)25)29-15-20-27-11-14-31(20)16-19-5-3-2-4-6-19;/h2-6,11,14,18H,7-10,12-13,15-17H2,1H3,(H2,26,28,29);1H. The molecule has 2 N–H and O–H groups in total. The van der Waals surface area contributed by atoms with Gasteiger partial charge in [0.25, 0.3) is 0 Å². The normalized spacial score (nSPS) is 15.9. The molecule has 2 heterocycles. The number of aliphatic imine (C=N–C) groups is 1. The summed E-state index contributed by atoms with van der Waals surface area (Å²) in [7, 11) is 1.72. The van der Waals surface area contributed by atoms with Gasteiger partial charge in [-0.15, -0.1) is 24.0 Å². The molecule has 0 bridgehead atoms. The fourth-order valence-corrected chi connectivity index (χ4v) is 3.90. The van der Waals surface area contributed by atoms with Gasteiger partial charge in [-0.3, -0.25) is 9.89 Å². The maximum absolute atomic E-state index is 12.5. The van der Waals surface area contributed by atoms with Crippen LogP contribution in [0.15, 0.2) is 47.7 Å². The van der Waals surface area contributed by atoms with Crippen molar-refractivity contribution in [3.63, 3.8) is 0 Å². The molecule has 32 heavy (non-hydrogen) atoms. The van der Waals surface area contributed by atoms with Gasteiger partial charge in [-0.05, 0) is 43.8 Å². The van der Waals surface area contributed by atoms with Crippen LogP contribution in [0.2, 0.25) is 0 Å². The van der Waals surface area contributed by atoms with Crippen molar-refractivity contribution in [2.24, 2.45) is 10.9 Å². The van der Waals surface area contributed by atoms with Gasteiger partial charge in [0.15, 0.2) is 5.96 Å². The van der Waals surface area contributed by atoms with Crippen LogP contribution in [0.1, 0.15) is 30.7 Å². The molecule has 0 unspecified atom stereocenters. The molecule has 3 rings (SSSR count). The predicted octanol–water partition coefficient (Wildman–Crippen LogP) is 3.88. The van der Waals surface area contributed by atoms with E-state index in [9.17, 15) is 13.2 Å². The maximum Gasteiger partial charge on any atom is 0.401 e. The number of nitrogens with zero attached hydrogens (tertiary/aromatic N) is 4. The fourth-order valence-electron chi connectivity index (χ4n) is 3.90. The lowest BCUT2D eigenvalue weighted by Gasteiger charge is -2.32. The molecule has 2 aromatic rings. The molecule has 1 aromatic heterocycles. The number of guanidine groups is 1. The van der Waals surface area contributed by atoms with E-state index in [2.05, 4.69) is 37.3 Å². The highest BCUT2D eigenvalue weighted by Crippen LogP contribution is 2.23. The molecule has 0 saturated carbocycles. The minimum atomic E-state index is -4.11. The third-order valence-corrected chi connectivity index (χ3v) is 5.59. The van der Waals surface area contributed by atoms with Gasteiger partial charge in [0.1, 0.15) is 5.82 Å². The van der Waals surface area contributed by atoms with Crippen LogP contribution in [0.5, 0.6) is 0 Å². The van der Waals surface area contributed by atoms with Gasteiger partial charge in [0.2, 0.25) is 0 Å². The average molecular weight is 564 g/mol. The topological polar surface area (TPSA) is 57.5 Å². The van der Waals surface area contributed by atoms with Crippen LogP contribution in [-0.4, -0.2) is 59.8 Å². The number of piperidine rings is 1. The lowest BCUT2D eigenvalue weighted by molar-refractivity contribution is -0.148. The summed E-state index contributed by atoms with van der Waals surface area (Å²) >= 11 is 0. The zero-order valence-corrected chi connectivity index (χ0v) is 20.6. The number of benzene rings is 1. The van der Waals surface area contributed by atoms with Crippen molar-refractivity contribution in [3.8, 4) is 0 Å². The van der Waals surface area contributed by atoms with Crippen LogP contribution in [0.25, 0.3) is 0 Å². The fraction of sp³-hybridized carbons (Fsp3) is 0.545. The number of rotatable bonds is 8. The second-order valence-electron chi connectivity index (χ2n) is 7.93. The number of hydrogen-bond acceptors (Lipinski definition) is 3. The minimum absolute atomic E-state index is 0. The van der Waals surface area contributed by atoms with Gasteiger partial charge in [-0.25, -0.2) is 4.98 Å². The highest BCUT2D eigenvalue weighted by atomic mass is 127. The predicted molar refractivity (Wildman–Crippen MR) is 131 cm³/mol. The van der Waals surface area contributed by atoms with Crippen molar-refractivity contribution in [1.29, 1.82) is 0 Å². The molecule has 0 radical (unpaired) electrons. The summed E-state index contributed by atoms with van der Waals surface area (Å²) in [5.41, 5.74) is 1.21. The first-order chi connectivity index (χ1) is 14.9. The Bertz CT molecular complexity index is 817. The number of likely N-dealkylation sites (tertiary alicyclic amines) is 1. The monoisotopic (exact) mass is 564 g/mol. The maximum atomic E-state index is 12.5. The van der Waals surface area contributed by atoms with Crippen molar-refractivity contribution < 1.29 is 13.2 Å². The van der Waals surface area contributed by atoms with Gasteiger partial charge >= 0.3 is 6.18 Å². The Hall–Kier alpha value is -1.82. The first-order valence-corrected chi connectivity index (χ1v) is 10.7. The Morgan fingerprint density at radius 3 is 2.53 bits per heavy atom. The van der Waals surface area contributed by atoms with Gasteiger partial charge in [0.05, 0.1) is 13.1 Å². The van der Waals surface area contributed by atoms with E-state index in [-0.39, 0.29) is 24.0 Å². The molecule has 1 saturated heterocycles. The van der Waals surface area contributed by atoms with Crippen LogP contribution in [0.4, 0.5) is 13.2 Å². The van der Waals surface area contributed by atoms with Crippen LogP contribution in [0, 0.1) is 5.92 Å². The van der Waals surface area contributed by atoms with Crippen LogP contribution in [-0.2, 0) is 13.1 Å². The molecule has 1 aliphatic rings. The number of nitrogens with one attached hydrogen (secondary N) is 2. The molecular formula is C22H32F3IN6. The average Bonchev–Trinajstić information content (AvgIpc) is 3.18. The van der Waals surface area contributed by atoms with Gasteiger partial charge in [0, 0.05) is 32.5 Å². The molecule has 0 amide bonds. The number of halogens is 4. The first kappa shape index (κ1) is 26.4. The van der Waals surface area contributed by atoms with Gasteiger partial charge in [-0.2, -0.15) is 13.2 Å². The number of imidazole rings is 1. The molecule has 0 atom stereocenters. The summed E-state index contributed by atoms with van der Waals surface area (Å²) in [6.45, 7) is 2.28. The quantitative estimate of drug-likeness (QED) is 0.291. The molecular weight excluding hydrogens is 532 g/mol. The Morgan fingerprint density at radius 1 is 1.16 bits per heavy atom. The van der Waals surface area contributed by atoms with Gasteiger partial charge in [-0.1, -0.05) is 30.3 Å². The van der Waals surface area contributed by atoms with Crippen molar-refractivity contribution in [3.05, 3.63) is 54.1 Å². The van der Waals surface area contributed by atoms with E-state index < -0.39 is 12.7 Å². The number of aromatic nitrogens is 2. The summed E-state index contributed by atoms with van der Waals surface area (Å²) in [6, 6.07) is 10.2. The van der Waals surface area contributed by atoms with Gasteiger partial charge < -0.3 is 15.2 Å². The smallest absolute Gasteiger partial charge is 0.356 e. The number of alkyl halides is 3. The lowest BCUT2D eigenvalue weighted by Crippen LogP contribution is -2.41. The highest BCUT2D eigenvalue weighted by Gasteiger charge is 2.32. The Labute approximate surface area is 204 Å². The van der Waals surface area contributed by atoms with E-state index in [4.69, 9.17) is 0 Å². The largest absolute Gasteiger partial charge is 0.401 e. The molecule has 0 aliphatic carbocycles. The van der Waals surface area contributed by atoms with E-state index in [1.165, 1.54) is 10.5 Å². The van der Waals surface area contributed by atoms with E-state index in [1.54, 1.807) is 13.2 Å². The van der Waals surface area contributed by atoms with E-state index in [1.807, 2.05) is 24.4 Å². The zero-order chi connectivity index (χ0) is 22.1. The van der Waals surface area contributed by atoms with Crippen molar-refractivity contribution in [2.75, 3.05) is 33.2 Å². The SMILES string of the molecule is CN=C(NCCC1CCN(CC(F)(F)F)CC1)NCc1nccn1Cc1ccccc1.I. The van der Waals surface area contributed by atoms with Crippen molar-refractivity contribution >= 4 is 29.9 Å². The van der Waals surface area contributed by atoms with E-state index in [0.717, 1.165) is 38.2 Å². The molecule has 0 spiro atoms. The first-order valence-electron chi connectivity index (χ1n) is 10.7. The van der Waals surface area contributed by atoms with Crippen molar-refractivity contribution in [1.82, 2.24) is 25.1 Å². The second-order valence-corrected chi connectivity index (χ2v) is 7.93. The highest BCUT2D eigenvalue weighted by molar-refractivity contribution is 14.0. The lowest BCUT2D eigenvalue weighted by atomic mass is 9.93. The Morgan fingerprint density at radius 2 is 1.88 bits per heavy atom. The van der Waals surface area contributed by atoms with Crippen molar-refractivity contribution in [2.45, 2.75) is 38.5 Å².